The number of aryl methyl sites for hydroxylation is 1. The third kappa shape index (κ3) is 8.21. The zero-order valence-corrected chi connectivity index (χ0v) is 18.0. The van der Waals surface area contributed by atoms with E-state index in [0.29, 0.717) is 19.3 Å². The van der Waals surface area contributed by atoms with Crippen LogP contribution in [-0.2, 0) is 27.3 Å². The van der Waals surface area contributed by atoms with Gasteiger partial charge in [-0.15, -0.1) is 0 Å². The van der Waals surface area contributed by atoms with Crippen LogP contribution in [0.25, 0.3) is 0 Å². The Morgan fingerprint density at radius 3 is 2.42 bits per heavy atom. The van der Waals surface area contributed by atoms with Crippen LogP contribution in [0.3, 0.4) is 0 Å². The van der Waals surface area contributed by atoms with Gasteiger partial charge in [-0.25, -0.2) is 10.5 Å². The number of hydrogen-bond donors (Lipinski definition) is 4. The number of imidazole rings is 1. The molecule has 31 heavy (non-hydrogen) atoms. The summed E-state index contributed by atoms with van der Waals surface area (Å²) in [5, 5.41) is 9.24. The molecule has 0 aliphatic carbocycles. The van der Waals surface area contributed by atoms with Crippen molar-refractivity contribution in [2.24, 2.45) is 17.8 Å². The van der Waals surface area contributed by atoms with Gasteiger partial charge in [0.2, 0.25) is 11.8 Å². The van der Waals surface area contributed by atoms with Crippen LogP contribution >= 0.6 is 0 Å². The minimum Gasteiger partial charge on any atom is -0.328 e. The number of hydrogen-bond acceptors (Lipinski definition) is 5. The summed E-state index contributed by atoms with van der Waals surface area (Å²) >= 11 is 0. The fourth-order valence-corrected chi connectivity index (χ4v) is 3.54. The first-order chi connectivity index (χ1) is 14.9. The minimum absolute atomic E-state index is 0.00670. The number of amides is 3. The zero-order chi connectivity index (χ0) is 22.6. The monoisotopic (exact) mass is 429 g/mol. The largest absolute Gasteiger partial charge is 0.328 e. The van der Waals surface area contributed by atoms with E-state index < -0.39 is 29.6 Å². The summed E-state index contributed by atoms with van der Waals surface area (Å²) in [6.07, 6.45) is 6.99. The maximum Gasteiger partial charge on any atom is 0.258 e. The van der Waals surface area contributed by atoms with Crippen LogP contribution in [0.5, 0.6) is 0 Å². The molecule has 0 saturated carbocycles. The molecule has 0 saturated heterocycles. The number of nitrogens with zero attached hydrogens (tertiary/aromatic N) is 2. The van der Waals surface area contributed by atoms with Crippen molar-refractivity contribution in [1.29, 1.82) is 0 Å². The van der Waals surface area contributed by atoms with Gasteiger partial charge in [0.25, 0.3) is 5.91 Å². The molecule has 9 nitrogen and oxygen atoms in total. The first-order valence-corrected chi connectivity index (χ1v) is 10.4. The number of carbonyl (C=O) groups is 3. The van der Waals surface area contributed by atoms with Crippen molar-refractivity contribution in [2.45, 2.75) is 46.1 Å². The Labute approximate surface area is 182 Å². The molecule has 0 fully saturated rings. The van der Waals surface area contributed by atoms with Crippen molar-refractivity contribution in [3.8, 4) is 0 Å². The second-order valence-electron chi connectivity index (χ2n) is 7.97. The molecule has 9 heteroatoms. The quantitative estimate of drug-likeness (QED) is 0.320. The molecule has 168 valence electrons. The molecule has 0 bridgehead atoms. The van der Waals surface area contributed by atoms with Crippen LogP contribution in [0.15, 0.2) is 49.1 Å². The van der Waals surface area contributed by atoms with Gasteiger partial charge in [0, 0.05) is 12.4 Å². The smallest absolute Gasteiger partial charge is 0.258 e. The van der Waals surface area contributed by atoms with Gasteiger partial charge >= 0.3 is 0 Å². The highest BCUT2D eigenvalue weighted by atomic mass is 16.5. The summed E-state index contributed by atoms with van der Waals surface area (Å²) in [4.78, 5) is 41.2. The minimum atomic E-state index is -0.721. The molecule has 0 radical (unpaired) electrons. The van der Waals surface area contributed by atoms with Crippen LogP contribution in [0.4, 0.5) is 0 Å². The Bertz CT molecular complexity index is 824. The maximum atomic E-state index is 12.9. The molecule has 4 N–H and O–H groups in total. The van der Waals surface area contributed by atoms with Gasteiger partial charge in [-0.3, -0.25) is 30.4 Å². The standard InChI is InChI=1S/C22H31N5O4/c1-16(2)13-19(21(29)25-24-20(28)14-27-12-11-23-15-27)18(22(30)26-31)10-6-9-17-7-4-3-5-8-17/h3-5,7-8,11-12,15-16,18-19,31H,6,9-10,13-14H2,1-2H3,(H,24,28)(H,25,29)(H,26,30)/t18-,19+/m0/s1. The van der Waals surface area contributed by atoms with Crippen LogP contribution in [0.1, 0.15) is 38.7 Å². The van der Waals surface area contributed by atoms with E-state index in [1.807, 2.05) is 44.2 Å². The van der Waals surface area contributed by atoms with E-state index >= 15 is 0 Å². The summed E-state index contributed by atoms with van der Waals surface area (Å²) in [5.74, 6) is -2.75. The average Bonchev–Trinajstić information content (AvgIpc) is 3.26. The number of aromatic nitrogens is 2. The fourth-order valence-electron chi connectivity index (χ4n) is 3.54. The van der Waals surface area contributed by atoms with E-state index in [9.17, 15) is 19.6 Å². The number of benzene rings is 1. The molecule has 1 heterocycles. The molecule has 2 rings (SSSR count). The average molecular weight is 430 g/mol. The lowest BCUT2D eigenvalue weighted by molar-refractivity contribution is -0.142. The summed E-state index contributed by atoms with van der Waals surface area (Å²) < 4.78 is 1.57. The molecule has 1 aromatic carbocycles. The Kier molecular flexibility index (Phi) is 9.70. The van der Waals surface area contributed by atoms with E-state index in [4.69, 9.17) is 0 Å². The van der Waals surface area contributed by atoms with Crippen molar-refractivity contribution in [3.63, 3.8) is 0 Å². The highest BCUT2D eigenvalue weighted by molar-refractivity contribution is 5.88. The Balaban J connectivity index is 2.00. The van der Waals surface area contributed by atoms with Crippen molar-refractivity contribution in [3.05, 3.63) is 54.6 Å². The Morgan fingerprint density at radius 1 is 1.06 bits per heavy atom. The normalized spacial score (nSPS) is 12.8. The molecule has 2 atom stereocenters. The van der Waals surface area contributed by atoms with Crippen molar-refractivity contribution in [2.75, 3.05) is 0 Å². The van der Waals surface area contributed by atoms with Gasteiger partial charge in [0.05, 0.1) is 18.2 Å². The van der Waals surface area contributed by atoms with E-state index in [2.05, 4.69) is 15.8 Å². The summed E-state index contributed by atoms with van der Waals surface area (Å²) in [6, 6.07) is 9.86. The van der Waals surface area contributed by atoms with Crippen LogP contribution < -0.4 is 16.3 Å². The SMILES string of the molecule is CC(C)C[C@@H](C(=O)NNC(=O)Cn1ccnc1)[C@H](CCCc1ccccc1)C(=O)NO. The fraction of sp³-hybridized carbons (Fsp3) is 0.455. The van der Waals surface area contributed by atoms with Crippen molar-refractivity contribution >= 4 is 17.7 Å². The zero-order valence-electron chi connectivity index (χ0n) is 18.0. The first-order valence-electron chi connectivity index (χ1n) is 10.4. The number of hydrazine groups is 1. The lowest BCUT2D eigenvalue weighted by Gasteiger charge is -2.26. The van der Waals surface area contributed by atoms with Gasteiger partial charge in [0.1, 0.15) is 6.54 Å². The predicted octanol–water partition coefficient (Wildman–Crippen LogP) is 1.84. The van der Waals surface area contributed by atoms with Gasteiger partial charge in [-0.2, -0.15) is 0 Å². The van der Waals surface area contributed by atoms with Gasteiger partial charge in [-0.05, 0) is 37.2 Å². The summed E-state index contributed by atoms with van der Waals surface area (Å²) in [6.45, 7) is 3.92. The van der Waals surface area contributed by atoms with Crippen molar-refractivity contribution < 1.29 is 19.6 Å². The van der Waals surface area contributed by atoms with Crippen LogP contribution in [0.2, 0.25) is 0 Å². The number of nitrogens with one attached hydrogen (secondary N) is 3. The van der Waals surface area contributed by atoms with E-state index in [1.165, 1.54) is 6.33 Å². The van der Waals surface area contributed by atoms with Gasteiger partial charge < -0.3 is 4.57 Å². The number of hydroxylamine groups is 1. The predicted molar refractivity (Wildman–Crippen MR) is 114 cm³/mol. The van der Waals surface area contributed by atoms with Gasteiger partial charge in [-0.1, -0.05) is 44.2 Å². The summed E-state index contributed by atoms with van der Waals surface area (Å²) in [5.41, 5.74) is 7.66. The highest BCUT2D eigenvalue weighted by Crippen LogP contribution is 2.26. The molecule has 1 aromatic heterocycles. The van der Waals surface area contributed by atoms with E-state index in [0.717, 1.165) is 12.0 Å². The Hall–Kier alpha value is -3.20. The molecule has 0 spiro atoms. The third-order valence-electron chi connectivity index (χ3n) is 5.03. The lowest BCUT2D eigenvalue weighted by atomic mass is 9.81. The molecular weight excluding hydrogens is 398 g/mol. The number of carbonyl (C=O) groups excluding carboxylic acids is 3. The second-order valence-corrected chi connectivity index (χ2v) is 7.97. The van der Waals surface area contributed by atoms with Crippen molar-refractivity contribution in [1.82, 2.24) is 25.9 Å². The van der Waals surface area contributed by atoms with Crippen LogP contribution in [0, 0.1) is 17.8 Å². The third-order valence-corrected chi connectivity index (χ3v) is 5.03. The maximum absolute atomic E-state index is 12.9. The molecule has 2 aromatic rings. The van der Waals surface area contributed by atoms with Crippen LogP contribution in [-0.4, -0.2) is 32.5 Å². The second kappa shape index (κ2) is 12.5. The number of rotatable bonds is 11. The summed E-state index contributed by atoms with van der Waals surface area (Å²) in [7, 11) is 0. The lowest BCUT2D eigenvalue weighted by Crippen LogP contribution is -2.49. The first kappa shape index (κ1) is 24.1. The Morgan fingerprint density at radius 2 is 1.81 bits per heavy atom. The topological polar surface area (TPSA) is 125 Å². The molecule has 0 unspecified atom stereocenters. The molecule has 0 aliphatic heterocycles. The van der Waals surface area contributed by atoms with E-state index in [-0.39, 0.29) is 12.5 Å². The molecular formula is C22H31N5O4. The van der Waals surface area contributed by atoms with Gasteiger partial charge in [0.15, 0.2) is 0 Å². The highest BCUT2D eigenvalue weighted by Gasteiger charge is 2.34. The molecule has 0 aliphatic rings. The molecule has 3 amide bonds. The van der Waals surface area contributed by atoms with E-state index in [1.54, 1.807) is 22.4 Å².